The van der Waals surface area contributed by atoms with E-state index in [1.807, 2.05) is 31.2 Å². The topological polar surface area (TPSA) is 65.8 Å². The van der Waals surface area contributed by atoms with Gasteiger partial charge in [-0.3, -0.25) is 4.90 Å². The lowest BCUT2D eigenvalue weighted by molar-refractivity contribution is 0.101. The number of phenols is 1. The van der Waals surface area contributed by atoms with Crippen molar-refractivity contribution >= 4 is 21.6 Å². The van der Waals surface area contributed by atoms with Crippen LogP contribution in [0.15, 0.2) is 36.4 Å². The van der Waals surface area contributed by atoms with E-state index in [9.17, 15) is 10.2 Å². The highest BCUT2D eigenvalue weighted by Crippen LogP contribution is 2.39. The average molecular weight is 370 g/mol. The molecule has 3 aromatic rings. The number of rotatable bonds is 4. The van der Waals surface area contributed by atoms with Crippen LogP contribution in [0, 0.1) is 0 Å². The minimum Gasteiger partial charge on any atom is -0.504 e. The zero-order valence-corrected chi connectivity index (χ0v) is 15.5. The Bertz CT molecular complexity index is 892. The molecule has 1 atom stereocenters. The minimum atomic E-state index is -0.349. The Morgan fingerprint density at radius 1 is 1.31 bits per heavy atom. The molecule has 136 valence electrons. The van der Waals surface area contributed by atoms with Gasteiger partial charge in [0.1, 0.15) is 11.6 Å². The monoisotopic (exact) mass is 370 g/mol. The van der Waals surface area contributed by atoms with Crippen molar-refractivity contribution in [2.45, 2.75) is 26.0 Å². The maximum atomic E-state index is 10.5. The Balaban J connectivity index is 1.69. The zero-order valence-electron chi connectivity index (χ0n) is 14.7. The lowest BCUT2D eigenvalue weighted by atomic mass is 10.1. The predicted molar refractivity (Wildman–Crippen MR) is 104 cm³/mol. The second kappa shape index (κ2) is 7.23. The maximum absolute atomic E-state index is 10.5. The Morgan fingerprint density at radius 3 is 2.96 bits per heavy atom. The molecule has 5 nitrogen and oxygen atoms in total. The summed E-state index contributed by atoms with van der Waals surface area (Å²) in [5, 5.41) is 21.4. The number of fused-ring (bicyclic) bond motifs is 2. The second-order valence-electron chi connectivity index (χ2n) is 6.62. The van der Waals surface area contributed by atoms with Gasteiger partial charge < -0.3 is 14.9 Å². The number of ether oxygens (including phenoxy) is 1. The summed E-state index contributed by atoms with van der Waals surface area (Å²) in [6.07, 6.45) is 0.374. The molecule has 1 aliphatic rings. The fourth-order valence-electron chi connectivity index (χ4n) is 3.26. The van der Waals surface area contributed by atoms with Gasteiger partial charge in [-0.1, -0.05) is 19.1 Å². The first kappa shape index (κ1) is 17.3. The Morgan fingerprint density at radius 2 is 2.15 bits per heavy atom. The van der Waals surface area contributed by atoms with Crippen LogP contribution in [0.2, 0.25) is 0 Å². The summed E-state index contributed by atoms with van der Waals surface area (Å²) in [5.74, 6) is 0.693. The van der Waals surface area contributed by atoms with E-state index < -0.39 is 0 Å². The smallest absolute Gasteiger partial charge is 0.165 e. The largest absolute Gasteiger partial charge is 0.504 e. The summed E-state index contributed by atoms with van der Waals surface area (Å²) in [7, 11) is 0. The lowest BCUT2D eigenvalue weighted by Gasteiger charge is -2.22. The first-order chi connectivity index (χ1) is 12.6. The van der Waals surface area contributed by atoms with Crippen LogP contribution >= 0.6 is 11.3 Å². The van der Waals surface area contributed by atoms with E-state index in [1.54, 1.807) is 17.4 Å². The van der Waals surface area contributed by atoms with E-state index in [-0.39, 0.29) is 11.9 Å². The fourth-order valence-corrected chi connectivity index (χ4v) is 4.21. The van der Waals surface area contributed by atoms with Crippen LogP contribution in [-0.2, 0) is 6.54 Å². The van der Waals surface area contributed by atoms with Crippen molar-refractivity contribution in [2.24, 2.45) is 0 Å². The number of aromatic hydroxyl groups is 1. The molecule has 2 heterocycles. The van der Waals surface area contributed by atoms with Crippen molar-refractivity contribution in [3.63, 3.8) is 0 Å². The van der Waals surface area contributed by atoms with Crippen molar-refractivity contribution in [1.82, 2.24) is 9.88 Å². The summed E-state index contributed by atoms with van der Waals surface area (Å²) in [6, 6.07) is 11.8. The number of aliphatic hydroxyl groups excluding tert-OH is 1. The fraction of sp³-hybridized carbons (Fsp3) is 0.350. The zero-order chi connectivity index (χ0) is 18.1. The maximum Gasteiger partial charge on any atom is 0.165 e. The van der Waals surface area contributed by atoms with Gasteiger partial charge in [-0.05, 0) is 30.7 Å². The molecule has 6 heteroatoms. The van der Waals surface area contributed by atoms with E-state index >= 15 is 0 Å². The molecule has 1 aliphatic heterocycles. The number of hydrogen-bond donors (Lipinski definition) is 2. The van der Waals surface area contributed by atoms with Crippen molar-refractivity contribution in [1.29, 1.82) is 0 Å². The van der Waals surface area contributed by atoms with Crippen molar-refractivity contribution in [3.05, 3.63) is 42.0 Å². The highest BCUT2D eigenvalue weighted by atomic mass is 32.1. The Labute approximate surface area is 156 Å². The van der Waals surface area contributed by atoms with Gasteiger partial charge in [0, 0.05) is 30.8 Å². The third-order valence-corrected chi connectivity index (χ3v) is 5.76. The molecule has 0 bridgehead atoms. The summed E-state index contributed by atoms with van der Waals surface area (Å²) in [6.45, 7) is 4.44. The lowest BCUT2D eigenvalue weighted by Crippen LogP contribution is -2.33. The number of thiazole rings is 1. The van der Waals surface area contributed by atoms with Crippen LogP contribution < -0.4 is 4.74 Å². The van der Waals surface area contributed by atoms with Crippen LogP contribution in [0.5, 0.6) is 11.5 Å². The molecule has 0 radical (unpaired) electrons. The van der Waals surface area contributed by atoms with E-state index in [1.165, 1.54) is 0 Å². The summed E-state index contributed by atoms with van der Waals surface area (Å²) >= 11 is 1.61. The molecule has 26 heavy (non-hydrogen) atoms. The second-order valence-corrected chi connectivity index (χ2v) is 7.65. The first-order valence-electron chi connectivity index (χ1n) is 8.89. The Kier molecular flexibility index (Phi) is 4.80. The molecule has 2 aromatic carbocycles. The van der Waals surface area contributed by atoms with Crippen LogP contribution in [0.4, 0.5) is 0 Å². The van der Waals surface area contributed by atoms with Gasteiger partial charge in [0.15, 0.2) is 11.5 Å². The predicted octanol–water partition coefficient (Wildman–Crippen LogP) is 3.63. The van der Waals surface area contributed by atoms with Crippen molar-refractivity contribution < 1.29 is 14.9 Å². The standard InChI is InChI=1S/C20H22N2O3S/c1-2-15(23)12-22-7-8-25-19-14(11-22)9-13(10-17(19)24)20-21-16-5-3-4-6-18(16)26-20/h3-6,9-10,15,23-24H,2,7-8,11-12H2,1H3/t15-/m1/s1. The third kappa shape index (κ3) is 3.40. The van der Waals surface area contributed by atoms with Gasteiger partial charge in [0.2, 0.25) is 0 Å². The summed E-state index contributed by atoms with van der Waals surface area (Å²) < 4.78 is 6.91. The quantitative estimate of drug-likeness (QED) is 0.734. The van der Waals surface area contributed by atoms with Gasteiger partial charge in [0.25, 0.3) is 0 Å². The van der Waals surface area contributed by atoms with Crippen LogP contribution in [-0.4, -0.2) is 45.9 Å². The number of para-hydroxylation sites is 1. The molecule has 0 unspecified atom stereocenters. The molecule has 0 amide bonds. The van der Waals surface area contributed by atoms with Crippen LogP contribution in [0.3, 0.4) is 0 Å². The molecule has 1 aromatic heterocycles. The van der Waals surface area contributed by atoms with E-state index in [0.717, 1.165) is 39.3 Å². The molecule has 2 N–H and O–H groups in total. The molecule has 0 spiro atoms. The minimum absolute atomic E-state index is 0.148. The molecular formula is C20H22N2O3S. The molecule has 0 saturated carbocycles. The van der Waals surface area contributed by atoms with E-state index in [0.29, 0.717) is 25.4 Å². The van der Waals surface area contributed by atoms with Gasteiger partial charge in [-0.2, -0.15) is 0 Å². The average Bonchev–Trinajstić information content (AvgIpc) is 2.97. The van der Waals surface area contributed by atoms with E-state index in [4.69, 9.17) is 9.72 Å². The van der Waals surface area contributed by atoms with Crippen LogP contribution in [0.1, 0.15) is 18.9 Å². The Hall–Kier alpha value is -2.15. The van der Waals surface area contributed by atoms with Gasteiger partial charge >= 0.3 is 0 Å². The molecule has 0 saturated heterocycles. The SMILES string of the molecule is CC[C@@H](O)CN1CCOc2c(O)cc(-c3nc4ccccc4s3)cc2C1. The first-order valence-corrected chi connectivity index (χ1v) is 9.70. The van der Waals surface area contributed by atoms with Gasteiger partial charge in [-0.25, -0.2) is 4.98 Å². The van der Waals surface area contributed by atoms with Gasteiger partial charge in [0.05, 0.1) is 16.3 Å². The number of nitrogens with zero attached hydrogens (tertiary/aromatic N) is 2. The summed E-state index contributed by atoms with van der Waals surface area (Å²) in [4.78, 5) is 6.86. The van der Waals surface area contributed by atoms with E-state index in [2.05, 4.69) is 11.0 Å². The van der Waals surface area contributed by atoms with Crippen molar-refractivity contribution in [3.8, 4) is 22.1 Å². The third-order valence-electron chi connectivity index (χ3n) is 4.68. The van der Waals surface area contributed by atoms with Crippen LogP contribution in [0.25, 0.3) is 20.8 Å². The highest BCUT2D eigenvalue weighted by Gasteiger charge is 2.21. The van der Waals surface area contributed by atoms with Crippen molar-refractivity contribution in [2.75, 3.05) is 19.7 Å². The normalized spacial score (nSPS) is 16.1. The number of hydrogen-bond acceptors (Lipinski definition) is 6. The molecule has 4 rings (SSSR count). The van der Waals surface area contributed by atoms with Gasteiger partial charge in [-0.15, -0.1) is 11.3 Å². The molecular weight excluding hydrogens is 348 g/mol. The molecule has 0 fully saturated rings. The number of benzene rings is 2. The number of β-amino-alcohol motifs (C(OH)–C–C–N with tert-alkyl or cyclic N) is 1. The summed E-state index contributed by atoms with van der Waals surface area (Å²) in [5.41, 5.74) is 2.79. The number of phenolic OH excluding ortho intramolecular Hbond substituents is 1. The number of aliphatic hydroxyl groups is 1. The highest BCUT2D eigenvalue weighted by molar-refractivity contribution is 7.21. The molecule has 0 aliphatic carbocycles. The number of aromatic nitrogens is 1.